The molecule has 0 aromatic heterocycles. The van der Waals surface area contributed by atoms with Crippen LogP contribution in [0.15, 0.2) is 35.7 Å². The molecule has 5 nitrogen and oxygen atoms in total. The van der Waals surface area contributed by atoms with Crippen LogP contribution in [0.4, 0.5) is 0 Å². The van der Waals surface area contributed by atoms with E-state index in [0.717, 1.165) is 5.56 Å². The molecule has 112 valence electrons. The third-order valence-corrected chi connectivity index (χ3v) is 4.88. The van der Waals surface area contributed by atoms with Crippen molar-refractivity contribution in [2.75, 3.05) is 27.2 Å². The topological polar surface area (TPSA) is 58.6 Å². The molecule has 20 heavy (non-hydrogen) atoms. The highest BCUT2D eigenvalue weighted by molar-refractivity contribution is 7.89. The van der Waals surface area contributed by atoms with Crippen molar-refractivity contribution in [2.45, 2.75) is 18.4 Å². The summed E-state index contributed by atoms with van der Waals surface area (Å²) < 4.78 is 31.7. The van der Waals surface area contributed by atoms with Gasteiger partial charge >= 0.3 is 0 Å². The number of likely N-dealkylation sites (N-methyl/N-ethyl adjacent to an activating group) is 1. The molecule has 0 heterocycles. The zero-order chi connectivity index (χ0) is 15.2. The van der Waals surface area contributed by atoms with Gasteiger partial charge in [0.15, 0.2) is 0 Å². The van der Waals surface area contributed by atoms with E-state index in [-0.39, 0.29) is 4.90 Å². The van der Waals surface area contributed by atoms with Gasteiger partial charge in [0.1, 0.15) is 5.75 Å². The number of hydrogen-bond donors (Lipinski definition) is 1. The second kappa shape index (κ2) is 7.42. The third kappa shape index (κ3) is 3.59. The summed E-state index contributed by atoms with van der Waals surface area (Å²) in [6, 6.07) is 4.90. The second-order valence-electron chi connectivity index (χ2n) is 4.25. The molecule has 0 saturated carbocycles. The first-order valence-electron chi connectivity index (χ1n) is 6.43. The largest absolute Gasteiger partial charge is 0.496 e. The van der Waals surface area contributed by atoms with Crippen molar-refractivity contribution in [1.29, 1.82) is 0 Å². The Labute approximate surface area is 121 Å². The minimum absolute atomic E-state index is 0.271. The first kappa shape index (κ1) is 16.7. The van der Waals surface area contributed by atoms with Gasteiger partial charge in [-0.05, 0) is 25.2 Å². The van der Waals surface area contributed by atoms with Gasteiger partial charge in [0.05, 0.1) is 12.0 Å². The van der Waals surface area contributed by atoms with Crippen LogP contribution in [0.2, 0.25) is 0 Å². The van der Waals surface area contributed by atoms with Gasteiger partial charge in [-0.2, -0.15) is 4.31 Å². The van der Waals surface area contributed by atoms with Crippen molar-refractivity contribution < 1.29 is 13.2 Å². The smallest absolute Gasteiger partial charge is 0.243 e. The van der Waals surface area contributed by atoms with Crippen LogP contribution in [0, 0.1) is 0 Å². The molecule has 0 amide bonds. The lowest BCUT2D eigenvalue weighted by atomic mass is 10.2. The minimum atomic E-state index is -3.50. The van der Waals surface area contributed by atoms with Gasteiger partial charge in [0.25, 0.3) is 0 Å². The van der Waals surface area contributed by atoms with Crippen LogP contribution in [0.25, 0.3) is 0 Å². The highest BCUT2D eigenvalue weighted by Crippen LogP contribution is 2.24. The third-order valence-electron chi connectivity index (χ3n) is 2.94. The number of methoxy groups -OCH3 is 1. The first-order valence-corrected chi connectivity index (χ1v) is 7.87. The van der Waals surface area contributed by atoms with Crippen molar-refractivity contribution in [2.24, 2.45) is 0 Å². The molecule has 0 unspecified atom stereocenters. The van der Waals surface area contributed by atoms with Gasteiger partial charge in [0.2, 0.25) is 10.0 Å². The zero-order valence-electron chi connectivity index (χ0n) is 12.2. The van der Waals surface area contributed by atoms with E-state index in [1.165, 1.54) is 4.31 Å². The number of hydrogen-bond acceptors (Lipinski definition) is 4. The summed E-state index contributed by atoms with van der Waals surface area (Å²) in [7, 11) is -0.130. The predicted octanol–water partition coefficient (Wildman–Crippen LogP) is 1.61. The van der Waals surface area contributed by atoms with Gasteiger partial charge in [-0.15, -0.1) is 6.58 Å². The molecule has 0 bridgehead atoms. The molecule has 0 atom stereocenters. The van der Waals surface area contributed by atoms with Crippen LogP contribution in [0.3, 0.4) is 0 Å². The van der Waals surface area contributed by atoms with Crippen molar-refractivity contribution in [3.63, 3.8) is 0 Å². The fourth-order valence-electron chi connectivity index (χ4n) is 1.93. The highest BCUT2D eigenvalue weighted by atomic mass is 32.2. The van der Waals surface area contributed by atoms with Crippen LogP contribution in [0.1, 0.15) is 12.5 Å². The average Bonchev–Trinajstić information content (AvgIpc) is 2.44. The predicted molar refractivity (Wildman–Crippen MR) is 80.4 cm³/mol. The Hall–Kier alpha value is -1.37. The molecule has 0 saturated heterocycles. The van der Waals surface area contributed by atoms with E-state index in [4.69, 9.17) is 4.74 Å². The fourth-order valence-corrected chi connectivity index (χ4v) is 3.41. The lowest BCUT2D eigenvalue weighted by molar-refractivity contribution is 0.407. The summed E-state index contributed by atoms with van der Waals surface area (Å²) in [5, 5.41) is 3.00. The normalized spacial score (nSPS) is 11.6. The Morgan fingerprint density at radius 2 is 2.15 bits per heavy atom. The summed E-state index contributed by atoms with van der Waals surface area (Å²) in [6.45, 7) is 6.64. The van der Waals surface area contributed by atoms with Gasteiger partial charge in [-0.3, -0.25) is 0 Å². The van der Waals surface area contributed by atoms with Crippen molar-refractivity contribution in [1.82, 2.24) is 9.62 Å². The van der Waals surface area contributed by atoms with Crippen LogP contribution < -0.4 is 10.1 Å². The van der Waals surface area contributed by atoms with E-state index >= 15 is 0 Å². The molecule has 1 N–H and O–H groups in total. The molecule has 1 aromatic carbocycles. The molecule has 6 heteroatoms. The summed E-state index contributed by atoms with van der Waals surface area (Å²) in [5.41, 5.74) is 0.811. The highest BCUT2D eigenvalue weighted by Gasteiger charge is 2.22. The van der Waals surface area contributed by atoms with E-state index in [2.05, 4.69) is 11.9 Å². The molecule has 1 aromatic rings. The molecule has 0 spiro atoms. The number of nitrogens with one attached hydrogen (secondary N) is 1. The van der Waals surface area contributed by atoms with E-state index in [0.29, 0.717) is 25.4 Å². The molecule has 1 rings (SSSR count). The Bertz CT molecular complexity index is 556. The Morgan fingerprint density at radius 3 is 2.65 bits per heavy atom. The fraction of sp³-hybridized carbons (Fsp3) is 0.429. The number of benzene rings is 1. The van der Waals surface area contributed by atoms with E-state index in [9.17, 15) is 8.42 Å². The van der Waals surface area contributed by atoms with Crippen LogP contribution in [0.5, 0.6) is 5.75 Å². The molecule has 0 aliphatic carbocycles. The van der Waals surface area contributed by atoms with Crippen LogP contribution in [-0.2, 0) is 16.6 Å². The summed E-state index contributed by atoms with van der Waals surface area (Å²) in [5.74, 6) is 0.671. The molecule has 0 aliphatic heterocycles. The Balaban J connectivity index is 3.24. The number of ether oxygens (including phenoxy) is 1. The summed E-state index contributed by atoms with van der Waals surface area (Å²) >= 11 is 0. The standard InChI is InChI=1S/C14H22N2O3S/c1-5-9-16(6-2)20(17,18)13-7-8-14(19-4)12(10-13)11-15-3/h5,7-8,10,15H,1,6,9,11H2,2-4H3. The number of sulfonamides is 1. The average molecular weight is 298 g/mol. The molecule has 0 radical (unpaired) electrons. The maximum atomic E-state index is 12.5. The second-order valence-corrected chi connectivity index (χ2v) is 6.19. The van der Waals surface area contributed by atoms with Gasteiger partial charge in [-0.25, -0.2) is 8.42 Å². The monoisotopic (exact) mass is 298 g/mol. The van der Waals surface area contributed by atoms with Crippen molar-refractivity contribution in [3.05, 3.63) is 36.4 Å². The quantitative estimate of drug-likeness (QED) is 0.741. The van der Waals surface area contributed by atoms with E-state index < -0.39 is 10.0 Å². The van der Waals surface area contributed by atoms with Gasteiger partial charge < -0.3 is 10.1 Å². The van der Waals surface area contributed by atoms with Gasteiger partial charge in [-0.1, -0.05) is 13.0 Å². The molecule has 0 aliphatic rings. The zero-order valence-corrected chi connectivity index (χ0v) is 13.0. The maximum absolute atomic E-state index is 12.5. The van der Waals surface area contributed by atoms with Crippen molar-refractivity contribution in [3.8, 4) is 5.75 Å². The number of rotatable bonds is 8. The van der Waals surface area contributed by atoms with Crippen LogP contribution in [-0.4, -0.2) is 40.0 Å². The Kier molecular flexibility index (Phi) is 6.19. The first-order chi connectivity index (χ1) is 9.51. The lowest BCUT2D eigenvalue weighted by Gasteiger charge is -2.19. The Morgan fingerprint density at radius 1 is 1.45 bits per heavy atom. The SMILES string of the molecule is C=CCN(CC)S(=O)(=O)c1ccc(OC)c(CNC)c1. The number of nitrogens with zero attached hydrogens (tertiary/aromatic N) is 1. The molecular formula is C14H22N2O3S. The van der Waals surface area contributed by atoms with E-state index in [1.807, 2.05) is 0 Å². The minimum Gasteiger partial charge on any atom is -0.496 e. The van der Waals surface area contributed by atoms with Crippen molar-refractivity contribution >= 4 is 10.0 Å². The maximum Gasteiger partial charge on any atom is 0.243 e. The van der Waals surface area contributed by atoms with Crippen LogP contribution >= 0.6 is 0 Å². The summed E-state index contributed by atoms with van der Waals surface area (Å²) in [4.78, 5) is 0.271. The molecular weight excluding hydrogens is 276 g/mol. The molecule has 0 fully saturated rings. The summed E-state index contributed by atoms with van der Waals surface area (Å²) in [6.07, 6.45) is 1.58. The van der Waals surface area contributed by atoms with E-state index in [1.54, 1.807) is 45.4 Å². The van der Waals surface area contributed by atoms with Gasteiger partial charge in [0, 0.05) is 25.2 Å². The lowest BCUT2D eigenvalue weighted by Crippen LogP contribution is -2.31.